The van der Waals surface area contributed by atoms with Crippen molar-refractivity contribution in [1.29, 1.82) is 0 Å². The van der Waals surface area contributed by atoms with Gasteiger partial charge in [0.25, 0.3) is 0 Å². The number of carbonyl (C=O) groups is 1. The zero-order valence-electron chi connectivity index (χ0n) is 14.8. The van der Waals surface area contributed by atoms with Crippen LogP contribution in [0.4, 0.5) is 21.8 Å². The average molecular weight is 366 g/mol. The second kappa shape index (κ2) is 8.75. The molecule has 0 aliphatic carbocycles. The van der Waals surface area contributed by atoms with Gasteiger partial charge in [-0.05, 0) is 48.4 Å². The molecule has 0 aliphatic rings. The minimum absolute atomic E-state index is 0.245. The van der Waals surface area contributed by atoms with Gasteiger partial charge in [-0.25, -0.2) is 14.2 Å². The molecule has 2 aromatic carbocycles. The molecule has 0 spiro atoms. The number of methoxy groups -OCH3 is 1. The third kappa shape index (κ3) is 5.24. The molecule has 3 rings (SSSR count). The molecule has 0 aliphatic heterocycles. The highest BCUT2D eigenvalue weighted by molar-refractivity contribution is 5.90. The first-order valence-electron chi connectivity index (χ1n) is 8.41. The standard InChI is InChI=1S/C20H19FN4O2/c1-27-19(26)15-3-2-4-17(13-15)24-18-10-12-23-20(25-18)22-11-9-14-5-7-16(21)8-6-14/h2-8,10,12-13H,9,11H2,1H3,(H2,22,23,24,25). The lowest BCUT2D eigenvalue weighted by molar-refractivity contribution is 0.0601. The van der Waals surface area contributed by atoms with Gasteiger partial charge in [0.2, 0.25) is 5.95 Å². The van der Waals surface area contributed by atoms with Gasteiger partial charge in [0, 0.05) is 18.4 Å². The number of anilines is 3. The highest BCUT2D eigenvalue weighted by Crippen LogP contribution is 2.17. The average Bonchev–Trinajstić information content (AvgIpc) is 2.69. The second-order valence-electron chi connectivity index (χ2n) is 5.77. The summed E-state index contributed by atoms with van der Waals surface area (Å²) in [6, 6.07) is 15.1. The molecule has 0 bridgehead atoms. The highest BCUT2D eigenvalue weighted by Gasteiger charge is 2.06. The maximum atomic E-state index is 12.9. The Morgan fingerprint density at radius 3 is 2.74 bits per heavy atom. The fourth-order valence-corrected chi connectivity index (χ4v) is 2.47. The summed E-state index contributed by atoms with van der Waals surface area (Å²) in [5, 5.41) is 6.28. The van der Waals surface area contributed by atoms with Gasteiger partial charge in [-0.3, -0.25) is 0 Å². The van der Waals surface area contributed by atoms with Crippen molar-refractivity contribution in [2.45, 2.75) is 6.42 Å². The molecule has 1 heterocycles. The number of aromatic nitrogens is 2. The lowest BCUT2D eigenvalue weighted by atomic mass is 10.1. The summed E-state index contributed by atoms with van der Waals surface area (Å²) in [5.74, 6) is 0.428. The Bertz CT molecular complexity index is 916. The fourth-order valence-electron chi connectivity index (χ4n) is 2.47. The van der Waals surface area contributed by atoms with Gasteiger partial charge in [0.05, 0.1) is 12.7 Å². The van der Waals surface area contributed by atoms with Crippen molar-refractivity contribution in [3.05, 3.63) is 77.7 Å². The molecule has 2 N–H and O–H groups in total. The van der Waals surface area contributed by atoms with Crippen molar-refractivity contribution in [3.8, 4) is 0 Å². The van der Waals surface area contributed by atoms with Crippen LogP contribution in [-0.2, 0) is 11.2 Å². The molecule has 0 radical (unpaired) electrons. The molecule has 0 atom stereocenters. The van der Waals surface area contributed by atoms with E-state index >= 15 is 0 Å². The van der Waals surface area contributed by atoms with E-state index in [1.807, 2.05) is 6.07 Å². The van der Waals surface area contributed by atoms with Gasteiger partial charge >= 0.3 is 5.97 Å². The SMILES string of the molecule is COC(=O)c1cccc(Nc2ccnc(NCCc3ccc(F)cc3)n2)c1. The number of esters is 1. The van der Waals surface area contributed by atoms with Crippen molar-refractivity contribution >= 4 is 23.4 Å². The Morgan fingerprint density at radius 2 is 1.96 bits per heavy atom. The highest BCUT2D eigenvalue weighted by atomic mass is 19.1. The molecule has 138 valence electrons. The molecule has 0 amide bonds. The predicted molar refractivity (Wildman–Crippen MR) is 102 cm³/mol. The summed E-state index contributed by atoms with van der Waals surface area (Å²) in [7, 11) is 1.34. The largest absolute Gasteiger partial charge is 0.465 e. The minimum atomic E-state index is -0.399. The molecule has 3 aromatic rings. The van der Waals surface area contributed by atoms with E-state index in [9.17, 15) is 9.18 Å². The zero-order chi connectivity index (χ0) is 19.1. The van der Waals surface area contributed by atoms with E-state index in [1.54, 1.807) is 42.6 Å². The minimum Gasteiger partial charge on any atom is -0.465 e. The van der Waals surface area contributed by atoms with Crippen molar-refractivity contribution < 1.29 is 13.9 Å². The summed E-state index contributed by atoms with van der Waals surface area (Å²) in [5.41, 5.74) is 2.20. The van der Waals surface area contributed by atoms with E-state index in [0.29, 0.717) is 29.6 Å². The van der Waals surface area contributed by atoms with Crippen molar-refractivity contribution in [1.82, 2.24) is 9.97 Å². The summed E-state index contributed by atoms with van der Waals surface area (Å²) in [4.78, 5) is 20.2. The Labute approximate surface area is 156 Å². The summed E-state index contributed by atoms with van der Waals surface area (Å²) in [6.45, 7) is 0.618. The van der Waals surface area contributed by atoms with Crippen molar-refractivity contribution in [2.24, 2.45) is 0 Å². The van der Waals surface area contributed by atoms with E-state index in [2.05, 4.69) is 20.6 Å². The third-order valence-corrected chi connectivity index (χ3v) is 3.82. The van der Waals surface area contributed by atoms with Gasteiger partial charge in [0.15, 0.2) is 0 Å². The summed E-state index contributed by atoms with van der Waals surface area (Å²) >= 11 is 0. The third-order valence-electron chi connectivity index (χ3n) is 3.82. The maximum absolute atomic E-state index is 12.9. The smallest absolute Gasteiger partial charge is 0.337 e. The van der Waals surface area contributed by atoms with Crippen molar-refractivity contribution in [2.75, 3.05) is 24.3 Å². The molecule has 0 saturated heterocycles. The lowest BCUT2D eigenvalue weighted by Gasteiger charge is -2.09. The first-order chi connectivity index (χ1) is 13.1. The molecule has 6 nitrogen and oxygen atoms in total. The Hall–Kier alpha value is -3.48. The number of halogens is 1. The number of benzene rings is 2. The van der Waals surface area contributed by atoms with Gasteiger partial charge in [0.1, 0.15) is 11.6 Å². The van der Waals surface area contributed by atoms with E-state index in [4.69, 9.17) is 4.74 Å². The maximum Gasteiger partial charge on any atom is 0.337 e. The Morgan fingerprint density at radius 1 is 1.15 bits per heavy atom. The van der Waals surface area contributed by atoms with Crippen LogP contribution in [0.3, 0.4) is 0 Å². The van der Waals surface area contributed by atoms with Crippen LogP contribution in [0.25, 0.3) is 0 Å². The van der Waals surface area contributed by atoms with Crippen LogP contribution < -0.4 is 10.6 Å². The second-order valence-corrected chi connectivity index (χ2v) is 5.77. The first-order valence-corrected chi connectivity index (χ1v) is 8.41. The summed E-state index contributed by atoms with van der Waals surface area (Å²) in [6.07, 6.45) is 2.36. The van der Waals surface area contributed by atoms with E-state index in [1.165, 1.54) is 19.2 Å². The van der Waals surface area contributed by atoms with Crippen LogP contribution in [0.1, 0.15) is 15.9 Å². The van der Waals surface area contributed by atoms with Crippen LogP contribution in [0.2, 0.25) is 0 Å². The number of hydrogen-bond donors (Lipinski definition) is 2. The monoisotopic (exact) mass is 366 g/mol. The van der Waals surface area contributed by atoms with E-state index < -0.39 is 5.97 Å². The molecule has 27 heavy (non-hydrogen) atoms. The van der Waals surface area contributed by atoms with E-state index in [0.717, 1.165) is 12.0 Å². The number of nitrogens with zero attached hydrogens (tertiary/aromatic N) is 2. The predicted octanol–water partition coefficient (Wildman–Crippen LogP) is 3.80. The first kappa shape index (κ1) is 18.3. The van der Waals surface area contributed by atoms with Crippen molar-refractivity contribution in [3.63, 3.8) is 0 Å². The normalized spacial score (nSPS) is 10.3. The molecular formula is C20H19FN4O2. The molecular weight excluding hydrogens is 347 g/mol. The number of rotatable bonds is 7. The molecule has 0 unspecified atom stereocenters. The van der Waals surface area contributed by atoms with Gasteiger partial charge in [-0.2, -0.15) is 4.98 Å². The van der Waals surface area contributed by atoms with Crippen LogP contribution in [0, 0.1) is 5.82 Å². The topological polar surface area (TPSA) is 76.1 Å². The Kier molecular flexibility index (Phi) is 5.94. The molecule has 1 aromatic heterocycles. The van der Waals surface area contributed by atoms with Crippen LogP contribution in [-0.4, -0.2) is 29.6 Å². The quantitative estimate of drug-likeness (QED) is 0.620. The summed E-state index contributed by atoms with van der Waals surface area (Å²) < 4.78 is 17.6. The molecule has 7 heteroatoms. The molecule has 0 saturated carbocycles. The van der Waals surface area contributed by atoms with Crippen LogP contribution in [0.15, 0.2) is 60.8 Å². The zero-order valence-corrected chi connectivity index (χ0v) is 14.8. The molecule has 0 fully saturated rings. The number of ether oxygens (including phenoxy) is 1. The van der Waals surface area contributed by atoms with E-state index in [-0.39, 0.29) is 5.82 Å². The number of carbonyl (C=O) groups excluding carboxylic acids is 1. The number of nitrogens with one attached hydrogen (secondary N) is 2. The van der Waals surface area contributed by atoms with Crippen LogP contribution >= 0.6 is 0 Å². The lowest BCUT2D eigenvalue weighted by Crippen LogP contribution is -2.09. The van der Waals surface area contributed by atoms with Gasteiger partial charge in [-0.1, -0.05) is 18.2 Å². The van der Waals surface area contributed by atoms with Gasteiger partial charge in [-0.15, -0.1) is 0 Å². The van der Waals surface area contributed by atoms with Gasteiger partial charge < -0.3 is 15.4 Å². The fraction of sp³-hybridized carbons (Fsp3) is 0.150. The Balaban J connectivity index is 1.60. The number of hydrogen-bond acceptors (Lipinski definition) is 6. The van der Waals surface area contributed by atoms with Crippen LogP contribution in [0.5, 0.6) is 0 Å².